The van der Waals surface area contributed by atoms with Gasteiger partial charge < -0.3 is 65.3 Å². The van der Waals surface area contributed by atoms with E-state index in [0.717, 1.165) is 0 Å². The van der Waals surface area contributed by atoms with Gasteiger partial charge in [0.25, 0.3) is 0 Å². The summed E-state index contributed by atoms with van der Waals surface area (Å²) in [4.78, 5) is 58.2. The van der Waals surface area contributed by atoms with E-state index in [1.807, 2.05) is 0 Å². The van der Waals surface area contributed by atoms with Crippen LogP contribution in [-0.2, 0) is 32.6 Å². The molecule has 0 bridgehead atoms. The maximum atomic E-state index is 10.7. The van der Waals surface area contributed by atoms with Crippen LogP contribution >= 0.6 is 15.6 Å². The number of ketones is 2. The highest BCUT2D eigenvalue weighted by atomic mass is 31.2. The molecule has 0 heterocycles. The van der Waals surface area contributed by atoms with Gasteiger partial charge in [0.15, 0.2) is 11.6 Å². The summed E-state index contributed by atoms with van der Waals surface area (Å²) in [6.45, 7) is -4.02. The van der Waals surface area contributed by atoms with Crippen molar-refractivity contribution in [2.45, 2.75) is 36.6 Å². The average Bonchev–Trinajstić information content (AvgIpc) is 2.77. The molecule has 6 atom stereocenters. The fourth-order valence-corrected chi connectivity index (χ4v) is 2.23. The van der Waals surface area contributed by atoms with Crippen molar-refractivity contribution in [1.29, 1.82) is 0 Å². The van der Waals surface area contributed by atoms with Crippen LogP contribution in [0, 0.1) is 0 Å². The summed E-state index contributed by atoms with van der Waals surface area (Å²) in [7, 11) is -8.21. The minimum atomic E-state index is -4.81. The maximum absolute atomic E-state index is 10.7. The predicted molar refractivity (Wildman–Crippen MR) is 107 cm³/mol. The normalized spacial score (nSPS) is 16.9. The van der Waals surface area contributed by atoms with Gasteiger partial charge in [0.05, 0.1) is 20.3 Å². The van der Waals surface area contributed by atoms with Crippen molar-refractivity contribution >= 4 is 27.2 Å². The van der Waals surface area contributed by atoms with Crippen molar-refractivity contribution in [3.8, 4) is 0 Å². The van der Waals surface area contributed by atoms with E-state index in [-0.39, 0.29) is 0 Å². The van der Waals surface area contributed by atoms with Gasteiger partial charge in [-0.05, 0) is 0 Å². The van der Waals surface area contributed by atoms with Gasteiger partial charge in [-0.2, -0.15) is 0 Å². The smallest absolute Gasteiger partial charge is 0.388 e. The van der Waals surface area contributed by atoms with E-state index < -0.39 is 90.3 Å². The minimum absolute atomic E-state index is 0.971. The van der Waals surface area contributed by atoms with E-state index in [9.17, 15) is 18.7 Å². The summed E-state index contributed by atoms with van der Waals surface area (Å²) in [6, 6.07) is 0. The quantitative estimate of drug-likeness (QED) is 0.0684. The van der Waals surface area contributed by atoms with Crippen molar-refractivity contribution in [2.24, 2.45) is 5.90 Å². The van der Waals surface area contributed by atoms with E-state index in [1.54, 1.807) is 0 Å². The van der Waals surface area contributed by atoms with Crippen LogP contribution in [0.1, 0.15) is 0 Å². The zero-order valence-electron chi connectivity index (χ0n) is 18.0. The number of hydrogen-bond acceptors (Lipinski definition) is 16. The molecule has 0 amide bonds. The standard InChI is InChI=1S/2C6H13O9P.CH5NO/c2*7-1-3(8)5(10)6(11)4(9)2-15-16(12,13)14;1-3-2/h2*4-7,9-11H,1-2H2,(H2,12,13,14);2H2,1H3/t2*4-,5-,6-;/m11./s1. The van der Waals surface area contributed by atoms with Crippen molar-refractivity contribution in [1.82, 2.24) is 0 Å². The van der Waals surface area contributed by atoms with E-state index in [4.69, 9.17) is 60.4 Å². The van der Waals surface area contributed by atoms with Crippen molar-refractivity contribution in [3.63, 3.8) is 0 Å². The molecule has 0 saturated heterocycles. The molecule has 0 unspecified atom stereocenters. The SMILES string of the molecule is CON.O=C(CO)[C@@H](O)[C@H](O)[C@H](O)COP(=O)(O)O.O=C(CO)[C@@H](O)[C@H](O)[C@H](O)COP(=O)(O)O. The Morgan fingerprint density at radius 1 is 0.714 bits per heavy atom. The van der Waals surface area contributed by atoms with Gasteiger partial charge in [-0.25, -0.2) is 15.0 Å². The van der Waals surface area contributed by atoms with Crippen LogP contribution in [0.5, 0.6) is 0 Å². The number of aliphatic hydroxyl groups excluding tert-OH is 8. The number of carbonyl (C=O) groups excluding carboxylic acids is 2. The minimum Gasteiger partial charge on any atom is -0.388 e. The predicted octanol–water partition coefficient (Wildman–Crippen LogP) is -7.01. The van der Waals surface area contributed by atoms with E-state index in [0.29, 0.717) is 0 Å². The van der Waals surface area contributed by atoms with E-state index in [2.05, 4.69) is 19.8 Å². The average molecular weight is 567 g/mol. The van der Waals surface area contributed by atoms with Crippen LogP contribution in [0.4, 0.5) is 0 Å². The Morgan fingerprint density at radius 2 is 0.943 bits per heavy atom. The highest BCUT2D eigenvalue weighted by Crippen LogP contribution is 2.36. The molecular weight excluding hydrogens is 536 g/mol. The number of rotatable bonds is 14. The van der Waals surface area contributed by atoms with Crippen molar-refractivity contribution in [3.05, 3.63) is 0 Å². The molecule has 0 aliphatic rings. The second-order valence-corrected chi connectivity index (χ2v) is 8.54. The van der Waals surface area contributed by atoms with Gasteiger partial charge >= 0.3 is 15.6 Å². The first-order chi connectivity index (χ1) is 15.8. The highest BCUT2D eigenvalue weighted by Gasteiger charge is 2.32. The lowest BCUT2D eigenvalue weighted by Crippen LogP contribution is -2.45. The first kappa shape index (κ1) is 38.7. The summed E-state index contributed by atoms with van der Waals surface area (Å²) < 4.78 is 28.2. The number of aliphatic hydroxyl groups is 8. The third kappa shape index (κ3) is 21.0. The summed E-state index contributed by atoms with van der Waals surface area (Å²) >= 11 is 0. The molecule has 0 fully saturated rings. The topological polar surface area (TPSA) is 365 Å². The van der Waals surface area contributed by atoms with Crippen LogP contribution in [0.25, 0.3) is 0 Å². The molecule has 35 heavy (non-hydrogen) atoms. The molecule has 0 aromatic rings. The number of nitrogens with two attached hydrogens (primary N) is 1. The number of phosphoric ester groups is 2. The van der Waals surface area contributed by atoms with Crippen molar-refractivity contribution < 1.29 is 93.0 Å². The zero-order chi connectivity index (χ0) is 28.6. The highest BCUT2D eigenvalue weighted by molar-refractivity contribution is 7.46. The van der Waals surface area contributed by atoms with E-state index in [1.165, 1.54) is 7.11 Å². The molecule has 0 saturated carbocycles. The molecule has 212 valence electrons. The zero-order valence-corrected chi connectivity index (χ0v) is 19.8. The number of carbonyl (C=O) groups is 2. The molecule has 0 aliphatic carbocycles. The monoisotopic (exact) mass is 567 g/mol. The van der Waals surface area contributed by atoms with Crippen LogP contribution in [0.15, 0.2) is 0 Å². The second kappa shape index (κ2) is 19.3. The Kier molecular flexibility index (Phi) is 21.3. The van der Waals surface area contributed by atoms with Gasteiger partial charge in [0.1, 0.15) is 49.8 Å². The summed E-state index contributed by atoms with van der Waals surface area (Å²) in [6.07, 6.45) is -11.9. The van der Waals surface area contributed by atoms with Crippen LogP contribution in [-0.4, -0.2) is 142 Å². The van der Waals surface area contributed by atoms with Gasteiger partial charge in [0.2, 0.25) is 0 Å². The fourth-order valence-electron chi connectivity index (χ4n) is 1.53. The molecule has 0 spiro atoms. The van der Waals surface area contributed by atoms with E-state index >= 15 is 0 Å². The molecule has 0 aliphatic heterocycles. The second-order valence-electron chi connectivity index (χ2n) is 6.06. The molecule has 22 heteroatoms. The van der Waals surface area contributed by atoms with Crippen LogP contribution in [0.3, 0.4) is 0 Å². The molecule has 0 aromatic heterocycles. The molecule has 14 N–H and O–H groups in total. The van der Waals surface area contributed by atoms with Crippen LogP contribution < -0.4 is 5.90 Å². The summed E-state index contributed by atoms with van der Waals surface area (Å²) in [5.41, 5.74) is 0. The Hall–Kier alpha value is -0.840. The largest absolute Gasteiger partial charge is 0.469 e. The molecule has 0 rings (SSSR count). The molecule has 0 radical (unpaired) electrons. The lowest BCUT2D eigenvalue weighted by molar-refractivity contribution is -0.143. The Balaban J connectivity index is -0.000000525. The molecule has 0 aromatic carbocycles. The summed E-state index contributed by atoms with van der Waals surface area (Å²) in [5.74, 6) is 2.07. The number of Topliss-reactive ketones (excluding diaryl/α,β-unsaturated/α-hetero) is 2. The molecule has 20 nitrogen and oxygen atoms in total. The van der Waals surface area contributed by atoms with Crippen molar-refractivity contribution in [2.75, 3.05) is 33.5 Å². The Morgan fingerprint density at radius 3 is 1.11 bits per heavy atom. The third-order valence-electron chi connectivity index (χ3n) is 3.23. The number of hydrogen-bond donors (Lipinski definition) is 13. The van der Waals surface area contributed by atoms with Gasteiger partial charge in [-0.3, -0.25) is 18.6 Å². The number of phosphoric acid groups is 2. The first-order valence-corrected chi connectivity index (χ1v) is 11.8. The summed E-state index contributed by atoms with van der Waals surface area (Å²) in [5, 5.41) is 71.1. The molecular formula is C13H31NO19P2. The van der Waals surface area contributed by atoms with Gasteiger partial charge in [-0.15, -0.1) is 0 Å². The fraction of sp³-hybridized carbons (Fsp3) is 0.846. The third-order valence-corrected chi connectivity index (χ3v) is 4.20. The first-order valence-electron chi connectivity index (χ1n) is 8.78. The maximum Gasteiger partial charge on any atom is 0.469 e. The Bertz CT molecular complexity index is 626. The van der Waals surface area contributed by atoms with Crippen LogP contribution in [0.2, 0.25) is 0 Å². The Labute approximate surface area is 197 Å². The van der Waals surface area contributed by atoms with Gasteiger partial charge in [0, 0.05) is 0 Å². The van der Waals surface area contributed by atoms with Gasteiger partial charge in [-0.1, -0.05) is 0 Å². The lowest BCUT2D eigenvalue weighted by Gasteiger charge is -2.21. The lowest BCUT2D eigenvalue weighted by atomic mass is 10.1.